The molecule has 0 aromatic heterocycles. The predicted octanol–water partition coefficient (Wildman–Crippen LogP) is 0.156. The highest BCUT2D eigenvalue weighted by atomic mass is 16.5. The summed E-state index contributed by atoms with van der Waals surface area (Å²) in [5.74, 6) is -2.68. The minimum absolute atomic E-state index is 0.0688. The molecular weight excluding hydrogens is 612 g/mol. The van der Waals surface area contributed by atoms with E-state index in [-0.39, 0.29) is 56.7 Å². The highest BCUT2D eigenvalue weighted by molar-refractivity contribution is 6.12. The average Bonchev–Trinajstić information content (AvgIpc) is 3.33. The van der Waals surface area contributed by atoms with Gasteiger partial charge in [-0.25, -0.2) is 0 Å². The lowest BCUT2D eigenvalue weighted by Gasteiger charge is -2.23. The zero-order valence-corrected chi connectivity index (χ0v) is 27.3. The molecule has 1 aliphatic heterocycles. The molecule has 1 aromatic rings. The molecule has 8 N–H and O–H groups in total. The van der Waals surface area contributed by atoms with Gasteiger partial charge in [0, 0.05) is 37.4 Å². The second-order valence-electron chi connectivity index (χ2n) is 12.2. The second-order valence-corrected chi connectivity index (χ2v) is 12.2. The Bertz CT molecular complexity index is 1240. The van der Waals surface area contributed by atoms with E-state index < -0.39 is 48.2 Å². The van der Waals surface area contributed by atoms with Gasteiger partial charge in [0.25, 0.3) is 11.8 Å². The Kier molecular flexibility index (Phi) is 16.2. The Morgan fingerprint density at radius 1 is 0.894 bits per heavy atom. The van der Waals surface area contributed by atoms with Gasteiger partial charge >= 0.3 is 5.97 Å². The molecule has 47 heavy (non-hydrogen) atoms. The van der Waals surface area contributed by atoms with E-state index in [2.05, 4.69) is 21.3 Å². The maximum Gasteiger partial charge on any atom is 0.311 e. The number of nitrogens with two attached hydrogens (primary N) is 1. The molecule has 15 heteroatoms. The Hall–Kier alpha value is -4.18. The summed E-state index contributed by atoms with van der Waals surface area (Å²) >= 11 is 0. The number of nitrogens with zero attached hydrogens (tertiary/aromatic N) is 1. The summed E-state index contributed by atoms with van der Waals surface area (Å²) in [6, 6.07) is 4.52. The van der Waals surface area contributed by atoms with Gasteiger partial charge in [0.1, 0.15) is 18.7 Å². The van der Waals surface area contributed by atoms with Crippen LogP contribution >= 0.6 is 0 Å². The van der Waals surface area contributed by atoms with Crippen molar-refractivity contribution in [3.05, 3.63) is 42.0 Å². The summed E-state index contributed by atoms with van der Waals surface area (Å²) in [5, 5.41) is 29.4. The van der Waals surface area contributed by atoms with Crippen molar-refractivity contribution in [2.24, 2.45) is 11.1 Å². The smallest absolute Gasteiger partial charge is 0.311 e. The van der Waals surface area contributed by atoms with Crippen molar-refractivity contribution in [3.63, 3.8) is 0 Å². The molecule has 260 valence electrons. The van der Waals surface area contributed by atoms with E-state index in [1.54, 1.807) is 45.0 Å². The zero-order chi connectivity index (χ0) is 35.0. The van der Waals surface area contributed by atoms with Crippen molar-refractivity contribution < 1.29 is 43.7 Å². The average molecular weight is 661 g/mol. The fraction of sp³-hybridized carbons (Fsp3) is 0.562. The van der Waals surface area contributed by atoms with Crippen molar-refractivity contribution in [2.75, 3.05) is 25.0 Å². The summed E-state index contributed by atoms with van der Waals surface area (Å²) in [4.78, 5) is 75.5. The van der Waals surface area contributed by atoms with Crippen LogP contribution in [0, 0.1) is 5.41 Å². The van der Waals surface area contributed by atoms with E-state index in [0.717, 1.165) is 4.90 Å². The third-order valence-corrected chi connectivity index (χ3v) is 7.12. The van der Waals surface area contributed by atoms with Crippen LogP contribution in [-0.4, -0.2) is 88.8 Å². The Morgan fingerprint density at radius 3 is 2.13 bits per heavy atom. The number of carbonyl (C=O) groups excluding carboxylic acids is 6. The van der Waals surface area contributed by atoms with Crippen LogP contribution in [0.5, 0.6) is 0 Å². The fourth-order valence-electron chi connectivity index (χ4n) is 4.42. The van der Waals surface area contributed by atoms with Crippen LogP contribution in [-0.2, 0) is 40.1 Å². The Balaban J connectivity index is 1.94. The molecule has 0 fully saturated rings. The van der Waals surface area contributed by atoms with E-state index in [9.17, 15) is 39.0 Å². The van der Waals surface area contributed by atoms with Gasteiger partial charge in [0.05, 0.1) is 5.41 Å². The van der Waals surface area contributed by atoms with Crippen molar-refractivity contribution in [3.8, 4) is 0 Å². The maximum atomic E-state index is 13.3. The minimum Gasteiger partial charge on any atom is -0.460 e. The SMILES string of the molecule is CC(C)(C)C(=O)OCc1ccc(NC(=O)[C@H](CCCNC(N)O)NC(=O)[C@H](CCO)NC(=O)CCCCCN2C(=O)C=CC2=O)cc1. The predicted molar refractivity (Wildman–Crippen MR) is 172 cm³/mol. The summed E-state index contributed by atoms with van der Waals surface area (Å²) in [7, 11) is 0. The van der Waals surface area contributed by atoms with Gasteiger partial charge in [0.2, 0.25) is 17.7 Å². The number of nitrogens with one attached hydrogen (secondary N) is 4. The molecule has 0 spiro atoms. The monoisotopic (exact) mass is 660 g/mol. The molecule has 5 amide bonds. The number of carbonyl (C=O) groups is 6. The normalized spacial score (nSPS) is 14.8. The van der Waals surface area contributed by atoms with Crippen LogP contribution in [0.1, 0.15) is 71.3 Å². The highest BCUT2D eigenvalue weighted by Crippen LogP contribution is 2.18. The van der Waals surface area contributed by atoms with Crippen molar-refractivity contribution in [2.45, 2.75) is 90.8 Å². The lowest BCUT2D eigenvalue weighted by atomic mass is 9.97. The summed E-state index contributed by atoms with van der Waals surface area (Å²) in [6.45, 7) is 5.45. The first-order valence-corrected chi connectivity index (χ1v) is 15.7. The number of esters is 1. The molecule has 3 atom stereocenters. The molecule has 0 radical (unpaired) electrons. The number of amides is 5. The molecule has 1 aliphatic rings. The Morgan fingerprint density at radius 2 is 1.53 bits per heavy atom. The fourth-order valence-corrected chi connectivity index (χ4v) is 4.42. The van der Waals surface area contributed by atoms with Gasteiger partial charge in [-0.2, -0.15) is 0 Å². The van der Waals surface area contributed by atoms with Gasteiger partial charge in [0.15, 0.2) is 6.35 Å². The first-order valence-electron chi connectivity index (χ1n) is 15.7. The molecule has 1 unspecified atom stereocenters. The van der Waals surface area contributed by atoms with Crippen molar-refractivity contribution in [1.29, 1.82) is 0 Å². The summed E-state index contributed by atoms with van der Waals surface area (Å²) in [5.41, 5.74) is 5.82. The number of hydrogen-bond donors (Lipinski definition) is 7. The van der Waals surface area contributed by atoms with Gasteiger partial charge in [-0.3, -0.25) is 44.7 Å². The quantitative estimate of drug-likeness (QED) is 0.0431. The van der Waals surface area contributed by atoms with Gasteiger partial charge < -0.3 is 30.9 Å². The Labute approximate surface area is 274 Å². The lowest BCUT2D eigenvalue weighted by Crippen LogP contribution is -2.53. The number of hydrogen-bond acceptors (Lipinski definition) is 11. The number of unbranched alkanes of at least 4 members (excludes halogenated alkanes) is 2. The van der Waals surface area contributed by atoms with Crippen LogP contribution in [0.25, 0.3) is 0 Å². The van der Waals surface area contributed by atoms with E-state index in [0.29, 0.717) is 36.9 Å². The molecule has 0 saturated heterocycles. The van der Waals surface area contributed by atoms with Crippen LogP contribution in [0.4, 0.5) is 5.69 Å². The van der Waals surface area contributed by atoms with E-state index in [1.807, 2.05) is 0 Å². The number of aliphatic hydroxyl groups excluding tert-OH is 2. The minimum atomic E-state index is -1.25. The van der Waals surface area contributed by atoms with Gasteiger partial charge in [-0.05, 0) is 77.1 Å². The number of imide groups is 1. The third-order valence-electron chi connectivity index (χ3n) is 7.12. The van der Waals surface area contributed by atoms with Crippen LogP contribution in [0.3, 0.4) is 0 Å². The van der Waals surface area contributed by atoms with Crippen LogP contribution < -0.4 is 27.0 Å². The van der Waals surface area contributed by atoms with E-state index in [4.69, 9.17) is 10.5 Å². The lowest BCUT2D eigenvalue weighted by molar-refractivity contribution is -0.154. The largest absolute Gasteiger partial charge is 0.460 e. The molecule has 0 saturated carbocycles. The summed E-state index contributed by atoms with van der Waals surface area (Å²) in [6.07, 6.45) is 3.23. The zero-order valence-electron chi connectivity index (χ0n) is 27.3. The number of rotatable bonds is 20. The molecular formula is C32H48N6O9. The van der Waals surface area contributed by atoms with Gasteiger partial charge in [-0.15, -0.1) is 0 Å². The number of ether oxygens (including phenoxy) is 1. The number of aliphatic hydroxyl groups is 2. The molecule has 1 heterocycles. The number of anilines is 1. The van der Waals surface area contributed by atoms with Gasteiger partial charge in [-0.1, -0.05) is 18.6 Å². The first-order chi connectivity index (χ1) is 22.2. The molecule has 15 nitrogen and oxygen atoms in total. The number of benzene rings is 1. The standard InChI is InChI=1S/C32H48N6O9/c1-32(2,3)30(45)47-20-21-10-12-22(13-11-21)35-28(43)23(8-7-17-34-31(33)46)37-29(44)24(16-19-39)36-25(40)9-5-4-6-18-38-26(41)14-15-27(38)42/h10-15,23-24,31,34,39,46H,4-9,16-20,33H2,1-3H3,(H,35,43)(H,36,40)(H,37,44)/t23-,24-,31?/m0/s1. The van der Waals surface area contributed by atoms with Crippen molar-refractivity contribution >= 4 is 41.2 Å². The summed E-state index contributed by atoms with van der Waals surface area (Å²) < 4.78 is 5.32. The highest BCUT2D eigenvalue weighted by Gasteiger charge is 2.27. The second kappa shape index (κ2) is 19.5. The topological polar surface area (TPSA) is 229 Å². The maximum absolute atomic E-state index is 13.3. The van der Waals surface area contributed by atoms with Crippen LogP contribution in [0.2, 0.25) is 0 Å². The van der Waals surface area contributed by atoms with E-state index >= 15 is 0 Å². The molecule has 0 aliphatic carbocycles. The first kappa shape index (κ1) is 39.0. The van der Waals surface area contributed by atoms with Crippen LogP contribution in [0.15, 0.2) is 36.4 Å². The molecule has 2 rings (SSSR count). The van der Waals surface area contributed by atoms with Crippen molar-refractivity contribution in [1.82, 2.24) is 20.9 Å². The molecule has 1 aromatic carbocycles. The molecule has 0 bridgehead atoms. The van der Waals surface area contributed by atoms with E-state index in [1.165, 1.54) is 12.2 Å². The third kappa shape index (κ3) is 14.4.